The normalized spacial score (nSPS) is 21.0. The molecule has 2 aromatic rings. The molecule has 3 aliphatic rings. The number of carbonyl (C=O) groups is 2. The van der Waals surface area contributed by atoms with E-state index in [1.54, 1.807) is 12.0 Å². The number of ether oxygens (including phenoxy) is 1. The summed E-state index contributed by atoms with van der Waals surface area (Å²) in [5, 5.41) is 6.86. The maximum Gasteiger partial charge on any atom is 0.239 e. The highest BCUT2D eigenvalue weighted by Crippen LogP contribution is 2.37. The summed E-state index contributed by atoms with van der Waals surface area (Å²) in [7, 11) is 5.33. The van der Waals surface area contributed by atoms with Crippen molar-refractivity contribution in [2.45, 2.75) is 6.42 Å². The standard InChI is InChI=1S/C27H29N5O3/c1-31(2)16-26(33)29-19-6-4-17(5-7-19)23-13-25(21-9-8-20(35-3)12-24(21)30-23)32-14-18-10-11-28-27(34)22(18)15-32/h4,6,8-9,12-13,18,22H,10-11,14-16H2,1-3H3,(H,28,34)(H,29,33). The molecule has 2 fully saturated rings. The summed E-state index contributed by atoms with van der Waals surface area (Å²) in [5.41, 5.74) is 10.1. The van der Waals surface area contributed by atoms with Crippen molar-refractivity contribution in [2.75, 3.05) is 52.3 Å². The lowest BCUT2D eigenvalue weighted by atomic mass is 9.89. The number of pyridine rings is 1. The van der Waals surface area contributed by atoms with Gasteiger partial charge in [-0.2, -0.15) is 0 Å². The number of anilines is 1. The fourth-order valence-electron chi connectivity index (χ4n) is 4.97. The number of methoxy groups -OCH3 is 1. The van der Waals surface area contributed by atoms with Crippen LogP contribution in [0.3, 0.4) is 0 Å². The van der Waals surface area contributed by atoms with Gasteiger partial charge in [-0.15, -0.1) is 0 Å². The Balaban J connectivity index is 1.53. The van der Waals surface area contributed by atoms with E-state index in [-0.39, 0.29) is 17.7 Å². The topological polar surface area (TPSA) is 86.8 Å². The molecule has 2 atom stereocenters. The Labute approximate surface area is 204 Å². The average molecular weight is 472 g/mol. The van der Waals surface area contributed by atoms with Crippen molar-refractivity contribution in [2.24, 2.45) is 11.8 Å². The second-order valence-electron chi connectivity index (χ2n) is 9.46. The number of nitrogens with zero attached hydrogens (tertiary/aromatic N) is 3. The van der Waals surface area contributed by atoms with Gasteiger partial charge in [0, 0.05) is 36.8 Å². The van der Waals surface area contributed by atoms with Crippen molar-refractivity contribution < 1.29 is 14.3 Å². The van der Waals surface area contributed by atoms with Gasteiger partial charge in [0.2, 0.25) is 11.8 Å². The van der Waals surface area contributed by atoms with Crippen LogP contribution in [0.4, 0.5) is 5.69 Å². The van der Waals surface area contributed by atoms with Crippen molar-refractivity contribution in [1.82, 2.24) is 20.5 Å². The molecule has 8 nitrogen and oxygen atoms in total. The lowest BCUT2D eigenvalue weighted by molar-refractivity contribution is -0.127. The summed E-state index contributed by atoms with van der Waals surface area (Å²) in [5.74, 6) is 1.15. The summed E-state index contributed by atoms with van der Waals surface area (Å²) in [6.45, 7) is 2.57. The molecule has 1 aromatic heterocycles. The van der Waals surface area contributed by atoms with Crippen molar-refractivity contribution in [1.29, 1.82) is 0 Å². The Morgan fingerprint density at radius 1 is 1.26 bits per heavy atom. The minimum atomic E-state index is -0.106. The minimum Gasteiger partial charge on any atom is -0.497 e. The zero-order valence-electron chi connectivity index (χ0n) is 20.2. The third-order valence-corrected chi connectivity index (χ3v) is 6.69. The molecular weight excluding hydrogens is 442 g/mol. The molecule has 1 aliphatic carbocycles. The molecule has 0 saturated carbocycles. The summed E-state index contributed by atoms with van der Waals surface area (Å²) in [6.07, 6.45) is 4.70. The molecule has 35 heavy (non-hydrogen) atoms. The van der Waals surface area contributed by atoms with Gasteiger partial charge in [0.15, 0.2) is 0 Å². The maximum atomic E-state index is 12.4. The van der Waals surface area contributed by atoms with Gasteiger partial charge in [-0.1, -0.05) is 5.73 Å². The van der Waals surface area contributed by atoms with Gasteiger partial charge in [-0.05, 0) is 62.5 Å². The molecule has 2 unspecified atom stereocenters. The largest absolute Gasteiger partial charge is 0.497 e. The Kier molecular flexibility index (Phi) is 6.18. The first-order valence-electron chi connectivity index (χ1n) is 11.8. The third kappa shape index (κ3) is 4.73. The van der Waals surface area contributed by atoms with Gasteiger partial charge in [0.1, 0.15) is 5.75 Å². The zero-order valence-corrected chi connectivity index (χ0v) is 20.2. The Morgan fingerprint density at radius 2 is 2.11 bits per heavy atom. The molecule has 2 saturated heterocycles. The molecule has 0 radical (unpaired) electrons. The monoisotopic (exact) mass is 471 g/mol. The molecule has 8 heteroatoms. The first-order valence-corrected chi connectivity index (χ1v) is 11.8. The van der Waals surface area contributed by atoms with Crippen molar-refractivity contribution in [3.8, 4) is 5.75 Å². The zero-order chi connectivity index (χ0) is 24.5. The fourth-order valence-corrected chi connectivity index (χ4v) is 4.97. The van der Waals surface area contributed by atoms with Crippen LogP contribution < -0.4 is 20.3 Å². The SMILES string of the molecule is COc1ccc2c(N3CC4CCNC(=O)C4C3)cc(C3=C=C=C(NC(=O)CN(C)C)C=C3)nc2c1. The van der Waals surface area contributed by atoms with Gasteiger partial charge in [0.05, 0.1) is 42.1 Å². The first kappa shape index (κ1) is 22.9. The van der Waals surface area contributed by atoms with E-state index in [1.807, 2.05) is 44.4 Å². The van der Waals surface area contributed by atoms with E-state index in [0.29, 0.717) is 24.7 Å². The lowest BCUT2D eigenvalue weighted by Crippen LogP contribution is -2.41. The van der Waals surface area contributed by atoms with Crippen LogP contribution in [0, 0.1) is 11.8 Å². The predicted octanol–water partition coefficient (Wildman–Crippen LogP) is 2.08. The molecule has 0 bridgehead atoms. The molecule has 180 valence electrons. The van der Waals surface area contributed by atoms with Crippen LogP contribution in [-0.4, -0.2) is 69.1 Å². The minimum absolute atomic E-state index is 0.0126. The molecule has 2 aliphatic heterocycles. The highest BCUT2D eigenvalue weighted by molar-refractivity contribution is 5.96. The summed E-state index contributed by atoms with van der Waals surface area (Å²) in [4.78, 5) is 33.5. The Bertz CT molecular complexity index is 1330. The molecule has 0 spiro atoms. The average Bonchev–Trinajstić information content (AvgIpc) is 3.28. The molecule has 3 heterocycles. The first-order chi connectivity index (χ1) is 16.9. The van der Waals surface area contributed by atoms with E-state index in [4.69, 9.17) is 9.72 Å². The number of piperidine rings is 1. The van der Waals surface area contributed by atoms with Crippen LogP contribution in [0.25, 0.3) is 16.5 Å². The Morgan fingerprint density at radius 3 is 2.83 bits per heavy atom. The number of likely N-dealkylation sites (N-methyl/N-ethyl adjacent to an activating group) is 1. The molecule has 5 rings (SSSR count). The number of nitrogens with one attached hydrogen (secondary N) is 2. The van der Waals surface area contributed by atoms with Crippen LogP contribution >= 0.6 is 0 Å². The fraction of sp³-hybridized carbons (Fsp3) is 0.370. The van der Waals surface area contributed by atoms with Crippen LogP contribution in [-0.2, 0) is 9.59 Å². The summed E-state index contributed by atoms with van der Waals surface area (Å²) >= 11 is 0. The maximum absolute atomic E-state index is 12.4. The van der Waals surface area contributed by atoms with Crippen LogP contribution in [0.2, 0.25) is 0 Å². The number of amides is 2. The van der Waals surface area contributed by atoms with Crippen LogP contribution in [0.5, 0.6) is 5.75 Å². The highest BCUT2D eigenvalue weighted by atomic mass is 16.5. The second-order valence-corrected chi connectivity index (χ2v) is 9.46. The number of carbonyl (C=O) groups excluding carboxylic acids is 2. The quantitative estimate of drug-likeness (QED) is 0.628. The number of rotatable bonds is 6. The number of allylic oxidation sites excluding steroid dienone is 3. The van der Waals surface area contributed by atoms with E-state index < -0.39 is 0 Å². The summed E-state index contributed by atoms with van der Waals surface area (Å²) in [6, 6.07) is 7.96. The van der Waals surface area contributed by atoms with Crippen LogP contribution in [0.15, 0.2) is 53.6 Å². The van der Waals surface area contributed by atoms with Crippen molar-refractivity contribution >= 4 is 34.0 Å². The predicted molar refractivity (Wildman–Crippen MR) is 135 cm³/mol. The van der Waals surface area contributed by atoms with Gasteiger partial charge in [-0.25, -0.2) is 4.98 Å². The molecular formula is C27H29N5O3. The van der Waals surface area contributed by atoms with E-state index in [0.717, 1.165) is 53.1 Å². The van der Waals surface area contributed by atoms with E-state index in [1.165, 1.54) is 0 Å². The smallest absolute Gasteiger partial charge is 0.239 e. The van der Waals surface area contributed by atoms with E-state index in [2.05, 4.69) is 33.1 Å². The lowest BCUT2D eigenvalue weighted by Gasteiger charge is -2.23. The molecule has 2 amide bonds. The van der Waals surface area contributed by atoms with E-state index >= 15 is 0 Å². The van der Waals surface area contributed by atoms with Gasteiger partial charge >= 0.3 is 0 Å². The third-order valence-electron chi connectivity index (χ3n) is 6.69. The van der Waals surface area contributed by atoms with Gasteiger partial charge in [0.25, 0.3) is 0 Å². The number of aromatic nitrogens is 1. The van der Waals surface area contributed by atoms with Crippen molar-refractivity contribution in [3.63, 3.8) is 0 Å². The molecule has 2 N–H and O–H groups in total. The van der Waals surface area contributed by atoms with Gasteiger partial charge < -0.3 is 25.2 Å². The Hall–Kier alpha value is -3.83. The number of hydrogen-bond donors (Lipinski definition) is 2. The number of benzene rings is 1. The van der Waals surface area contributed by atoms with Crippen molar-refractivity contribution in [3.05, 3.63) is 59.3 Å². The molecule has 1 aromatic carbocycles. The van der Waals surface area contributed by atoms with E-state index in [9.17, 15) is 9.59 Å². The highest BCUT2D eigenvalue weighted by Gasteiger charge is 2.40. The second kappa shape index (κ2) is 9.43. The number of hydrogen-bond acceptors (Lipinski definition) is 6. The number of fused-ring (bicyclic) bond motifs is 2. The van der Waals surface area contributed by atoms with Crippen LogP contribution in [0.1, 0.15) is 12.1 Å². The summed E-state index contributed by atoms with van der Waals surface area (Å²) < 4.78 is 5.44. The van der Waals surface area contributed by atoms with Gasteiger partial charge in [-0.3, -0.25) is 9.59 Å².